The summed E-state index contributed by atoms with van der Waals surface area (Å²) in [5.74, 6) is -0.548. The molecule has 29 heavy (non-hydrogen) atoms. The molecule has 1 heterocycles. The van der Waals surface area contributed by atoms with E-state index in [1.54, 1.807) is 19.2 Å². The van der Waals surface area contributed by atoms with E-state index in [1.165, 1.54) is 21.3 Å². The van der Waals surface area contributed by atoms with Crippen molar-refractivity contribution >= 4 is 11.9 Å². The minimum atomic E-state index is -0.699. The quantitative estimate of drug-likeness (QED) is 0.660. The molecule has 1 aliphatic rings. The zero-order valence-electron chi connectivity index (χ0n) is 16.8. The maximum Gasteiger partial charge on any atom is 0.310 e. The molecule has 0 radical (unpaired) electrons. The Morgan fingerprint density at radius 1 is 0.966 bits per heavy atom. The van der Waals surface area contributed by atoms with Gasteiger partial charge in [0.15, 0.2) is 0 Å². The average Bonchev–Trinajstić information content (AvgIpc) is 3.08. The van der Waals surface area contributed by atoms with E-state index in [0.717, 1.165) is 5.56 Å². The molecule has 3 atom stereocenters. The predicted molar refractivity (Wildman–Crippen MR) is 104 cm³/mol. The summed E-state index contributed by atoms with van der Waals surface area (Å²) in [6.45, 7) is 0. The summed E-state index contributed by atoms with van der Waals surface area (Å²) in [4.78, 5) is 24.7. The lowest BCUT2D eigenvalue weighted by molar-refractivity contribution is -0.149. The largest absolute Gasteiger partial charge is 0.496 e. The molecule has 154 valence electrons. The highest BCUT2D eigenvalue weighted by Crippen LogP contribution is 2.52. The Hall–Kier alpha value is -3.22. The fourth-order valence-electron chi connectivity index (χ4n) is 3.75. The van der Waals surface area contributed by atoms with Crippen LogP contribution in [-0.4, -0.2) is 40.4 Å². The first kappa shape index (κ1) is 20.5. The number of hydrogen-bond acceptors (Lipinski definition) is 7. The molecule has 0 N–H and O–H groups in total. The molecule has 3 rings (SSSR count). The van der Waals surface area contributed by atoms with Gasteiger partial charge in [-0.2, -0.15) is 0 Å². The lowest BCUT2D eigenvalue weighted by Gasteiger charge is -2.25. The van der Waals surface area contributed by atoms with Crippen molar-refractivity contribution < 1.29 is 33.3 Å². The molecule has 0 bridgehead atoms. The van der Waals surface area contributed by atoms with Crippen molar-refractivity contribution in [3.05, 3.63) is 53.6 Å². The van der Waals surface area contributed by atoms with Gasteiger partial charge in [-0.1, -0.05) is 30.3 Å². The van der Waals surface area contributed by atoms with Crippen LogP contribution in [0.15, 0.2) is 42.5 Å². The summed E-state index contributed by atoms with van der Waals surface area (Å²) in [6, 6.07) is 12.9. The van der Waals surface area contributed by atoms with Crippen LogP contribution in [-0.2, 0) is 19.1 Å². The monoisotopic (exact) mass is 400 g/mol. The molecule has 0 unspecified atom stereocenters. The van der Waals surface area contributed by atoms with Crippen LogP contribution in [0.3, 0.4) is 0 Å². The van der Waals surface area contributed by atoms with Crippen molar-refractivity contribution in [2.45, 2.75) is 18.4 Å². The normalized spacial score (nSPS) is 20.7. The number of carbonyl (C=O) groups is 2. The standard InChI is InChI=1S/C22H24O7/c1-25-14-10-16(26-2)20(17(11-14)27-3)21-19(13-8-6-5-7-9-13)15(22(24)29-21)12-18(23)28-4/h5-11,15,19,21H,12H2,1-4H3/t15-,19-,21-/m1/s1. The van der Waals surface area contributed by atoms with E-state index in [2.05, 4.69) is 0 Å². The summed E-state index contributed by atoms with van der Waals surface area (Å²) in [5, 5.41) is 0. The lowest BCUT2D eigenvalue weighted by atomic mass is 9.80. The van der Waals surface area contributed by atoms with E-state index >= 15 is 0 Å². The van der Waals surface area contributed by atoms with Gasteiger partial charge in [-0.25, -0.2) is 0 Å². The molecule has 7 heteroatoms. The molecule has 0 saturated carbocycles. The van der Waals surface area contributed by atoms with Gasteiger partial charge in [0.05, 0.1) is 46.3 Å². The summed E-state index contributed by atoms with van der Waals surface area (Å²) in [6.07, 6.45) is -0.776. The van der Waals surface area contributed by atoms with Crippen LogP contribution < -0.4 is 14.2 Å². The van der Waals surface area contributed by atoms with Crippen molar-refractivity contribution in [1.29, 1.82) is 0 Å². The number of carbonyl (C=O) groups excluding carboxylic acids is 2. The Labute approximate surface area is 169 Å². The highest BCUT2D eigenvalue weighted by atomic mass is 16.6. The number of ether oxygens (including phenoxy) is 5. The van der Waals surface area contributed by atoms with Crippen molar-refractivity contribution in [2.75, 3.05) is 28.4 Å². The molecular formula is C22H24O7. The highest BCUT2D eigenvalue weighted by Gasteiger charge is 2.49. The summed E-state index contributed by atoms with van der Waals surface area (Å²) in [7, 11) is 5.89. The molecule has 0 amide bonds. The number of cyclic esters (lactones) is 1. The Morgan fingerprint density at radius 2 is 1.59 bits per heavy atom. The van der Waals surface area contributed by atoms with Crippen LogP contribution in [0.4, 0.5) is 0 Å². The summed E-state index contributed by atoms with van der Waals surface area (Å²) < 4.78 is 27.0. The number of esters is 2. The Morgan fingerprint density at radius 3 is 2.10 bits per heavy atom. The van der Waals surface area contributed by atoms with Crippen LogP contribution in [0.25, 0.3) is 0 Å². The van der Waals surface area contributed by atoms with Gasteiger partial charge in [0.1, 0.15) is 23.4 Å². The zero-order valence-corrected chi connectivity index (χ0v) is 16.8. The van der Waals surface area contributed by atoms with E-state index in [1.807, 2.05) is 30.3 Å². The smallest absolute Gasteiger partial charge is 0.310 e. The van der Waals surface area contributed by atoms with Crippen LogP contribution in [0.2, 0.25) is 0 Å². The Kier molecular flexibility index (Phi) is 6.26. The fraction of sp³-hybridized carbons (Fsp3) is 0.364. The second-order valence-electron chi connectivity index (χ2n) is 6.63. The predicted octanol–water partition coefficient (Wildman–Crippen LogP) is 3.27. The van der Waals surface area contributed by atoms with Crippen molar-refractivity contribution in [3.63, 3.8) is 0 Å². The van der Waals surface area contributed by atoms with Gasteiger partial charge < -0.3 is 23.7 Å². The van der Waals surface area contributed by atoms with Gasteiger partial charge in [-0.3, -0.25) is 9.59 Å². The SMILES string of the molecule is COC(=O)C[C@H]1C(=O)O[C@@H](c2c(OC)cc(OC)cc2OC)[C@@H]1c1ccccc1. The van der Waals surface area contributed by atoms with E-state index in [4.69, 9.17) is 23.7 Å². The molecule has 1 saturated heterocycles. The highest BCUT2D eigenvalue weighted by molar-refractivity contribution is 5.83. The van der Waals surface area contributed by atoms with E-state index in [0.29, 0.717) is 22.8 Å². The molecule has 1 aliphatic heterocycles. The van der Waals surface area contributed by atoms with Gasteiger partial charge in [-0.05, 0) is 5.56 Å². The summed E-state index contributed by atoms with van der Waals surface area (Å²) >= 11 is 0. The minimum absolute atomic E-state index is 0.0772. The average molecular weight is 400 g/mol. The second-order valence-corrected chi connectivity index (χ2v) is 6.63. The molecule has 0 aromatic heterocycles. The number of benzene rings is 2. The first-order valence-electron chi connectivity index (χ1n) is 9.16. The second kappa shape index (κ2) is 8.86. The fourth-order valence-corrected chi connectivity index (χ4v) is 3.75. The first-order valence-corrected chi connectivity index (χ1v) is 9.16. The van der Waals surface area contributed by atoms with Gasteiger partial charge in [0, 0.05) is 18.1 Å². The van der Waals surface area contributed by atoms with Crippen LogP contribution in [0, 0.1) is 5.92 Å². The summed E-state index contributed by atoms with van der Waals surface area (Å²) in [5.41, 5.74) is 1.46. The van der Waals surface area contributed by atoms with Crippen LogP contribution in [0.1, 0.15) is 29.6 Å². The number of hydrogen-bond donors (Lipinski definition) is 0. The molecule has 0 spiro atoms. The maximum atomic E-state index is 12.8. The Balaban J connectivity index is 2.15. The van der Waals surface area contributed by atoms with Crippen molar-refractivity contribution in [1.82, 2.24) is 0 Å². The minimum Gasteiger partial charge on any atom is -0.496 e. The van der Waals surface area contributed by atoms with Crippen molar-refractivity contribution in [2.24, 2.45) is 5.92 Å². The molecule has 2 aromatic carbocycles. The number of methoxy groups -OCH3 is 4. The molecule has 1 fully saturated rings. The van der Waals surface area contributed by atoms with Gasteiger partial charge in [0.25, 0.3) is 0 Å². The molecule has 0 aliphatic carbocycles. The van der Waals surface area contributed by atoms with Gasteiger partial charge in [0.2, 0.25) is 0 Å². The maximum absolute atomic E-state index is 12.8. The van der Waals surface area contributed by atoms with Crippen molar-refractivity contribution in [3.8, 4) is 17.2 Å². The van der Waals surface area contributed by atoms with Gasteiger partial charge in [-0.15, -0.1) is 0 Å². The third-order valence-electron chi connectivity index (χ3n) is 5.14. The van der Waals surface area contributed by atoms with E-state index in [-0.39, 0.29) is 6.42 Å². The third-order valence-corrected chi connectivity index (χ3v) is 5.14. The van der Waals surface area contributed by atoms with E-state index < -0.39 is 29.9 Å². The Bertz CT molecular complexity index is 853. The molecule has 2 aromatic rings. The number of rotatable bonds is 7. The van der Waals surface area contributed by atoms with E-state index in [9.17, 15) is 9.59 Å². The molecular weight excluding hydrogens is 376 g/mol. The van der Waals surface area contributed by atoms with Gasteiger partial charge >= 0.3 is 11.9 Å². The zero-order chi connectivity index (χ0) is 21.0. The third kappa shape index (κ3) is 3.99. The van der Waals surface area contributed by atoms with Crippen LogP contribution in [0.5, 0.6) is 17.2 Å². The molecule has 7 nitrogen and oxygen atoms in total. The van der Waals surface area contributed by atoms with Crippen LogP contribution >= 0.6 is 0 Å². The first-order chi connectivity index (χ1) is 14.0. The topological polar surface area (TPSA) is 80.3 Å². The lowest BCUT2D eigenvalue weighted by Crippen LogP contribution is -2.20.